The molecule has 1 aromatic heterocycles. The van der Waals surface area contributed by atoms with E-state index in [1.54, 1.807) is 24.4 Å². The highest BCUT2D eigenvalue weighted by Crippen LogP contribution is 2.34. The number of rotatable bonds is 4. The summed E-state index contributed by atoms with van der Waals surface area (Å²) in [7, 11) is 0. The van der Waals surface area contributed by atoms with Gasteiger partial charge >= 0.3 is 0 Å². The van der Waals surface area contributed by atoms with Crippen LogP contribution in [0.5, 0.6) is 11.5 Å². The molecule has 6 nitrogen and oxygen atoms in total. The number of thioether (sulfide) groups is 1. The van der Waals surface area contributed by atoms with Gasteiger partial charge in [0.15, 0.2) is 16.7 Å². The molecule has 0 spiro atoms. The molecule has 2 aromatic rings. The molecule has 0 fully saturated rings. The number of aryl methyl sites for hydroxylation is 1. The summed E-state index contributed by atoms with van der Waals surface area (Å²) in [5.74, 6) is 1.46. The molecule has 108 valence electrons. The van der Waals surface area contributed by atoms with Gasteiger partial charge in [-0.1, -0.05) is 11.8 Å². The van der Waals surface area contributed by atoms with Crippen molar-refractivity contribution in [1.29, 1.82) is 0 Å². The van der Waals surface area contributed by atoms with Crippen molar-refractivity contribution < 1.29 is 14.3 Å². The number of benzene rings is 1. The molecule has 1 aliphatic rings. The average Bonchev–Trinajstić information content (AvgIpc) is 2.93. The molecule has 0 saturated carbocycles. The van der Waals surface area contributed by atoms with E-state index in [9.17, 15) is 4.79 Å². The fourth-order valence-corrected chi connectivity index (χ4v) is 2.47. The van der Waals surface area contributed by atoms with Crippen molar-refractivity contribution in [2.24, 2.45) is 0 Å². The van der Waals surface area contributed by atoms with Crippen LogP contribution in [0.15, 0.2) is 35.6 Å². The van der Waals surface area contributed by atoms with Gasteiger partial charge in [-0.05, 0) is 25.1 Å². The Morgan fingerprint density at radius 3 is 3.05 bits per heavy atom. The molecular formula is C14H13N3O3S. The van der Waals surface area contributed by atoms with E-state index in [0.717, 1.165) is 5.69 Å². The van der Waals surface area contributed by atoms with Gasteiger partial charge in [0.25, 0.3) is 0 Å². The second-order valence-corrected chi connectivity index (χ2v) is 5.33. The standard InChI is InChI=1S/C14H13N3O3S/c1-9-4-5-15-14(16-9)21-7-13(18)17-10-2-3-11-12(6-10)20-8-19-11/h2-6H,7-8H2,1H3,(H,17,18). The molecule has 0 bridgehead atoms. The minimum Gasteiger partial charge on any atom is -0.454 e. The van der Waals surface area contributed by atoms with Crippen molar-refractivity contribution in [1.82, 2.24) is 9.97 Å². The number of hydrogen-bond donors (Lipinski definition) is 1. The molecule has 0 radical (unpaired) electrons. The third kappa shape index (κ3) is 3.43. The van der Waals surface area contributed by atoms with E-state index in [0.29, 0.717) is 22.3 Å². The molecule has 7 heteroatoms. The third-order valence-electron chi connectivity index (χ3n) is 2.76. The average molecular weight is 303 g/mol. The Bertz CT molecular complexity index is 678. The Morgan fingerprint density at radius 2 is 2.19 bits per heavy atom. The molecule has 3 rings (SSSR count). The molecular weight excluding hydrogens is 290 g/mol. The summed E-state index contributed by atoms with van der Waals surface area (Å²) in [5, 5.41) is 3.40. The summed E-state index contributed by atoms with van der Waals surface area (Å²) in [6.07, 6.45) is 1.68. The van der Waals surface area contributed by atoms with E-state index in [1.807, 2.05) is 13.0 Å². The lowest BCUT2D eigenvalue weighted by molar-refractivity contribution is -0.113. The Balaban J connectivity index is 1.57. The fraction of sp³-hybridized carbons (Fsp3) is 0.214. The van der Waals surface area contributed by atoms with Gasteiger partial charge in [0.2, 0.25) is 12.7 Å². The first-order valence-electron chi connectivity index (χ1n) is 6.33. The molecule has 0 unspecified atom stereocenters. The second-order valence-electron chi connectivity index (χ2n) is 4.39. The first kappa shape index (κ1) is 13.7. The van der Waals surface area contributed by atoms with Gasteiger partial charge in [-0.2, -0.15) is 0 Å². The molecule has 1 amide bonds. The van der Waals surface area contributed by atoms with E-state index in [4.69, 9.17) is 9.47 Å². The lowest BCUT2D eigenvalue weighted by Gasteiger charge is -2.05. The van der Waals surface area contributed by atoms with Crippen molar-refractivity contribution in [3.05, 3.63) is 36.2 Å². The fourth-order valence-electron chi connectivity index (χ4n) is 1.80. The summed E-state index contributed by atoms with van der Waals surface area (Å²) in [6.45, 7) is 2.10. The number of anilines is 1. The maximum Gasteiger partial charge on any atom is 0.234 e. The maximum atomic E-state index is 11.9. The van der Waals surface area contributed by atoms with Crippen LogP contribution in [0.4, 0.5) is 5.69 Å². The lowest BCUT2D eigenvalue weighted by Crippen LogP contribution is -2.14. The van der Waals surface area contributed by atoms with Crippen LogP contribution in [-0.4, -0.2) is 28.4 Å². The van der Waals surface area contributed by atoms with Crippen molar-refractivity contribution >= 4 is 23.4 Å². The van der Waals surface area contributed by atoms with Crippen LogP contribution in [0.1, 0.15) is 5.69 Å². The van der Waals surface area contributed by atoms with Crippen molar-refractivity contribution in [2.75, 3.05) is 17.9 Å². The molecule has 0 saturated heterocycles. The predicted molar refractivity (Wildman–Crippen MR) is 78.7 cm³/mol. The van der Waals surface area contributed by atoms with Gasteiger partial charge in [-0.25, -0.2) is 9.97 Å². The first-order valence-corrected chi connectivity index (χ1v) is 7.31. The number of nitrogens with zero attached hydrogens (tertiary/aromatic N) is 2. The smallest absolute Gasteiger partial charge is 0.234 e. The number of hydrogen-bond acceptors (Lipinski definition) is 6. The number of ether oxygens (including phenoxy) is 2. The van der Waals surface area contributed by atoms with Gasteiger partial charge in [-0.15, -0.1) is 0 Å². The van der Waals surface area contributed by atoms with E-state index < -0.39 is 0 Å². The summed E-state index contributed by atoms with van der Waals surface area (Å²) in [4.78, 5) is 20.2. The quantitative estimate of drug-likeness (QED) is 0.690. The Labute approximate surface area is 125 Å². The number of carbonyl (C=O) groups is 1. The van der Waals surface area contributed by atoms with Crippen LogP contribution in [0, 0.1) is 6.92 Å². The van der Waals surface area contributed by atoms with Crippen LogP contribution in [-0.2, 0) is 4.79 Å². The van der Waals surface area contributed by atoms with Crippen molar-refractivity contribution in [3.8, 4) is 11.5 Å². The topological polar surface area (TPSA) is 73.3 Å². The zero-order chi connectivity index (χ0) is 14.7. The number of aromatic nitrogens is 2. The third-order valence-corrected chi connectivity index (χ3v) is 3.62. The van der Waals surface area contributed by atoms with Crippen molar-refractivity contribution in [2.45, 2.75) is 12.1 Å². The lowest BCUT2D eigenvalue weighted by atomic mass is 10.3. The second kappa shape index (κ2) is 6.01. The Kier molecular flexibility index (Phi) is 3.92. The van der Waals surface area contributed by atoms with Crippen LogP contribution in [0.2, 0.25) is 0 Å². The highest BCUT2D eigenvalue weighted by atomic mass is 32.2. The van der Waals surface area contributed by atoms with Crippen molar-refractivity contribution in [3.63, 3.8) is 0 Å². The maximum absolute atomic E-state index is 11.9. The zero-order valence-electron chi connectivity index (χ0n) is 11.3. The SMILES string of the molecule is Cc1ccnc(SCC(=O)Nc2ccc3c(c2)OCO3)n1. The minimum absolute atomic E-state index is 0.121. The highest BCUT2D eigenvalue weighted by molar-refractivity contribution is 7.99. The van der Waals surface area contributed by atoms with E-state index >= 15 is 0 Å². The summed E-state index contributed by atoms with van der Waals surface area (Å²) < 4.78 is 10.5. The zero-order valence-corrected chi connectivity index (χ0v) is 12.1. The van der Waals surface area contributed by atoms with Crippen LogP contribution in [0.25, 0.3) is 0 Å². The number of nitrogens with one attached hydrogen (secondary N) is 1. The molecule has 1 N–H and O–H groups in total. The minimum atomic E-state index is -0.121. The predicted octanol–water partition coefficient (Wildman–Crippen LogP) is 2.24. The largest absolute Gasteiger partial charge is 0.454 e. The van der Waals surface area contributed by atoms with Gasteiger partial charge in [0.05, 0.1) is 5.75 Å². The van der Waals surface area contributed by atoms with E-state index in [1.165, 1.54) is 11.8 Å². The summed E-state index contributed by atoms with van der Waals surface area (Å²) in [5.41, 5.74) is 1.55. The Morgan fingerprint density at radius 1 is 1.33 bits per heavy atom. The molecule has 0 aliphatic carbocycles. The van der Waals surface area contributed by atoms with E-state index in [-0.39, 0.29) is 18.5 Å². The molecule has 0 atom stereocenters. The number of carbonyl (C=O) groups excluding carboxylic acids is 1. The molecule has 2 heterocycles. The van der Waals surface area contributed by atoms with Crippen LogP contribution < -0.4 is 14.8 Å². The van der Waals surface area contributed by atoms with Gasteiger partial charge in [0, 0.05) is 23.6 Å². The van der Waals surface area contributed by atoms with Crippen LogP contribution >= 0.6 is 11.8 Å². The Hall–Kier alpha value is -2.28. The normalized spacial score (nSPS) is 12.2. The number of fused-ring (bicyclic) bond motifs is 1. The molecule has 1 aromatic carbocycles. The van der Waals surface area contributed by atoms with Gasteiger partial charge < -0.3 is 14.8 Å². The van der Waals surface area contributed by atoms with Gasteiger partial charge in [-0.3, -0.25) is 4.79 Å². The molecule has 1 aliphatic heterocycles. The monoisotopic (exact) mass is 303 g/mol. The molecule has 21 heavy (non-hydrogen) atoms. The van der Waals surface area contributed by atoms with Gasteiger partial charge in [0.1, 0.15) is 0 Å². The highest BCUT2D eigenvalue weighted by Gasteiger charge is 2.14. The first-order chi connectivity index (χ1) is 10.2. The van der Waals surface area contributed by atoms with E-state index in [2.05, 4.69) is 15.3 Å². The summed E-state index contributed by atoms with van der Waals surface area (Å²) in [6, 6.07) is 7.11. The van der Waals surface area contributed by atoms with Crippen LogP contribution in [0.3, 0.4) is 0 Å². The number of amides is 1. The summed E-state index contributed by atoms with van der Waals surface area (Å²) >= 11 is 1.30.